The van der Waals surface area contributed by atoms with E-state index in [1.807, 2.05) is 6.92 Å². The minimum absolute atomic E-state index is 0.122. The van der Waals surface area contributed by atoms with Gasteiger partial charge >= 0.3 is 0 Å². The first-order valence-corrected chi connectivity index (χ1v) is 14.2. The Morgan fingerprint density at radius 1 is 1.25 bits per heavy atom. The summed E-state index contributed by atoms with van der Waals surface area (Å²) in [7, 11) is -3.98. The minimum atomic E-state index is -3.98. The number of hydrogen-bond acceptors (Lipinski definition) is 6. The third kappa shape index (κ3) is 6.49. The fourth-order valence-corrected chi connectivity index (χ4v) is 5.89. The third-order valence-corrected chi connectivity index (χ3v) is 8.64. The van der Waals surface area contributed by atoms with Gasteiger partial charge in [-0.1, -0.05) is 20.4 Å². The summed E-state index contributed by atoms with van der Waals surface area (Å²) in [5, 5.41) is 4.47. The van der Waals surface area contributed by atoms with Gasteiger partial charge in [0.1, 0.15) is 11.3 Å². The smallest absolute Gasteiger partial charge is 0.271 e. The van der Waals surface area contributed by atoms with E-state index in [0.717, 1.165) is 19.3 Å². The van der Waals surface area contributed by atoms with Crippen LogP contribution in [-0.2, 0) is 27.7 Å². The number of alkyl halides is 1. The van der Waals surface area contributed by atoms with Gasteiger partial charge in [-0.15, -0.1) is 5.10 Å². The van der Waals surface area contributed by atoms with Crippen molar-refractivity contribution in [2.24, 2.45) is 4.99 Å². The molecule has 0 saturated carbocycles. The highest BCUT2D eigenvalue weighted by molar-refractivity contribution is 7.89. The number of aromatic nitrogens is 2. The number of ether oxygens (including phenoxy) is 2. The largest absolute Gasteiger partial charge is 0.476 e. The zero-order valence-corrected chi connectivity index (χ0v) is 24.0. The summed E-state index contributed by atoms with van der Waals surface area (Å²) in [6.45, 7) is 19.0. The Kier molecular flexibility index (Phi) is 9.78. The molecule has 0 fully saturated rings. The van der Waals surface area contributed by atoms with E-state index >= 15 is 0 Å². The topological polar surface area (TPSA) is 86.0 Å². The third-order valence-electron chi connectivity index (χ3n) is 6.64. The van der Waals surface area contributed by atoms with Crippen LogP contribution in [0.25, 0.3) is 0 Å². The number of fused-ring (bicyclic) bond motifs is 1. The molecule has 36 heavy (non-hydrogen) atoms. The van der Waals surface area contributed by atoms with Gasteiger partial charge in [0, 0.05) is 31.4 Å². The molecule has 10 heteroatoms. The van der Waals surface area contributed by atoms with E-state index in [2.05, 4.69) is 16.7 Å². The van der Waals surface area contributed by atoms with Crippen LogP contribution in [0.15, 0.2) is 33.9 Å². The van der Waals surface area contributed by atoms with Crippen LogP contribution in [0.4, 0.5) is 4.39 Å². The predicted molar refractivity (Wildman–Crippen MR) is 141 cm³/mol. The summed E-state index contributed by atoms with van der Waals surface area (Å²) in [6, 6.07) is 0. The molecular formula is C26H43FN4O4S. The summed E-state index contributed by atoms with van der Waals surface area (Å²) in [6.07, 6.45) is 5.09. The second kappa shape index (κ2) is 11.8. The number of allylic oxidation sites excluding steroid dienone is 2. The predicted octanol–water partition coefficient (Wildman–Crippen LogP) is 5.79. The van der Waals surface area contributed by atoms with Crippen molar-refractivity contribution in [3.63, 3.8) is 0 Å². The van der Waals surface area contributed by atoms with Crippen LogP contribution in [0.1, 0.15) is 86.8 Å². The highest BCUT2D eigenvalue weighted by Crippen LogP contribution is 2.35. The summed E-state index contributed by atoms with van der Waals surface area (Å²) >= 11 is 0. The first kappa shape index (κ1) is 29.9. The van der Waals surface area contributed by atoms with Gasteiger partial charge < -0.3 is 9.47 Å². The standard InChI is InChI=1S/C26H43FN4O4S/c1-10-17-34-24-23(22-15-13-14-16-30(22)29-24)36(32,33)31(12-3)20(5)18-19(4)28-21(6)35-25(7,8)26(9,27)11-2/h18H,5,10-17H2,1-4,6-9H3/b19-18+,28-21?. The number of sulfonamides is 1. The number of nitrogens with zero attached hydrogens (tertiary/aromatic N) is 4. The molecule has 0 radical (unpaired) electrons. The van der Waals surface area contributed by atoms with E-state index in [1.165, 1.54) is 11.2 Å². The minimum Gasteiger partial charge on any atom is -0.476 e. The Morgan fingerprint density at radius 3 is 2.50 bits per heavy atom. The average Bonchev–Trinajstić information content (AvgIpc) is 3.16. The Bertz CT molecular complexity index is 1100. The van der Waals surface area contributed by atoms with Gasteiger partial charge in [0.25, 0.3) is 15.9 Å². The van der Waals surface area contributed by atoms with Gasteiger partial charge in [0.15, 0.2) is 10.8 Å². The van der Waals surface area contributed by atoms with Crippen LogP contribution >= 0.6 is 0 Å². The lowest BCUT2D eigenvalue weighted by atomic mass is 9.87. The molecule has 1 aliphatic heterocycles. The lowest BCUT2D eigenvalue weighted by molar-refractivity contribution is -0.0585. The first-order valence-electron chi connectivity index (χ1n) is 12.8. The van der Waals surface area contributed by atoms with Gasteiger partial charge in [-0.05, 0) is 72.8 Å². The molecule has 0 saturated heterocycles. The number of likely N-dealkylation sites (N-methyl/N-ethyl adjacent to an activating group) is 1. The maximum Gasteiger partial charge on any atom is 0.271 e. The fourth-order valence-electron chi connectivity index (χ4n) is 4.15. The number of halogens is 1. The molecule has 2 rings (SSSR count). The second-order valence-corrected chi connectivity index (χ2v) is 11.6. The Morgan fingerprint density at radius 2 is 1.92 bits per heavy atom. The first-order chi connectivity index (χ1) is 16.7. The zero-order valence-electron chi connectivity index (χ0n) is 23.1. The summed E-state index contributed by atoms with van der Waals surface area (Å²) in [5.41, 5.74) is -1.21. The molecule has 0 spiro atoms. The van der Waals surface area contributed by atoms with E-state index in [-0.39, 0.29) is 28.9 Å². The van der Waals surface area contributed by atoms with Crippen molar-refractivity contribution in [1.29, 1.82) is 0 Å². The maximum atomic E-state index is 14.9. The van der Waals surface area contributed by atoms with E-state index in [9.17, 15) is 12.8 Å². The Labute approximate surface area is 216 Å². The molecule has 0 amide bonds. The van der Waals surface area contributed by atoms with E-state index < -0.39 is 21.3 Å². The quantitative estimate of drug-likeness (QED) is 0.196. The van der Waals surface area contributed by atoms with Gasteiger partial charge in [-0.25, -0.2) is 17.8 Å². The van der Waals surface area contributed by atoms with Crippen LogP contribution in [0.3, 0.4) is 0 Å². The van der Waals surface area contributed by atoms with Crippen LogP contribution in [0.5, 0.6) is 5.88 Å². The molecule has 0 bridgehead atoms. The highest BCUT2D eigenvalue weighted by Gasteiger charge is 2.42. The summed E-state index contributed by atoms with van der Waals surface area (Å²) in [5.74, 6) is 0.432. The number of aryl methyl sites for hydroxylation is 1. The van der Waals surface area contributed by atoms with E-state index in [4.69, 9.17) is 9.47 Å². The van der Waals surface area contributed by atoms with Crippen molar-refractivity contribution >= 4 is 15.9 Å². The van der Waals surface area contributed by atoms with Gasteiger partial charge in [0.2, 0.25) is 0 Å². The molecule has 204 valence electrons. The molecule has 0 N–H and O–H groups in total. The molecule has 0 aromatic carbocycles. The molecule has 1 aliphatic rings. The normalized spacial score (nSPS) is 16.8. The van der Waals surface area contributed by atoms with E-state index in [1.54, 1.807) is 52.3 Å². The lowest BCUT2D eigenvalue weighted by Crippen LogP contribution is -2.46. The molecule has 1 aromatic rings. The zero-order chi connectivity index (χ0) is 27.3. The SMILES string of the molecule is C=C(/C=C(\C)N=C(C)OC(C)(C)C(C)(F)CC)N(CC)S(=O)(=O)c1c(OCCC)nn2c1CCCC2. The molecule has 8 nitrogen and oxygen atoms in total. The molecular weight excluding hydrogens is 483 g/mol. The van der Waals surface area contributed by atoms with Crippen molar-refractivity contribution < 1.29 is 22.3 Å². The molecule has 0 aliphatic carbocycles. The average molecular weight is 527 g/mol. The number of rotatable bonds is 12. The number of aliphatic imine (C=N–C) groups is 1. The molecule has 1 unspecified atom stereocenters. The highest BCUT2D eigenvalue weighted by atomic mass is 32.2. The van der Waals surface area contributed by atoms with E-state index in [0.29, 0.717) is 37.4 Å². The fraction of sp³-hybridized carbons (Fsp3) is 0.692. The lowest BCUT2D eigenvalue weighted by Gasteiger charge is -2.37. The Balaban J connectivity index is 2.36. The van der Waals surface area contributed by atoms with Gasteiger partial charge in [-0.3, -0.25) is 8.99 Å². The Hall–Kier alpha value is -2.36. The molecule has 2 heterocycles. The van der Waals surface area contributed by atoms with Crippen LogP contribution in [0.2, 0.25) is 0 Å². The van der Waals surface area contributed by atoms with Crippen LogP contribution < -0.4 is 4.74 Å². The second-order valence-electron chi connectivity index (χ2n) is 9.85. The van der Waals surface area contributed by atoms with Crippen molar-refractivity contribution in [2.75, 3.05) is 13.2 Å². The van der Waals surface area contributed by atoms with Crippen molar-refractivity contribution in [3.05, 3.63) is 29.7 Å². The van der Waals surface area contributed by atoms with Crippen LogP contribution in [-0.4, -0.2) is 52.8 Å². The van der Waals surface area contributed by atoms with Crippen LogP contribution in [0, 0.1) is 0 Å². The van der Waals surface area contributed by atoms with Crippen molar-refractivity contribution in [2.45, 2.75) is 110 Å². The molecule has 1 atom stereocenters. The van der Waals surface area contributed by atoms with Gasteiger partial charge in [-0.2, -0.15) is 0 Å². The molecule has 1 aromatic heterocycles. The summed E-state index contributed by atoms with van der Waals surface area (Å²) < 4.78 is 57.1. The summed E-state index contributed by atoms with van der Waals surface area (Å²) in [4.78, 5) is 4.53. The van der Waals surface area contributed by atoms with Crippen molar-refractivity contribution in [1.82, 2.24) is 14.1 Å². The van der Waals surface area contributed by atoms with Crippen molar-refractivity contribution in [3.8, 4) is 5.88 Å². The van der Waals surface area contributed by atoms with Gasteiger partial charge in [0.05, 0.1) is 12.3 Å². The number of hydrogen-bond donors (Lipinski definition) is 0. The monoisotopic (exact) mass is 526 g/mol. The maximum absolute atomic E-state index is 14.9.